The standard InChI is InChI=1S/C29H36ClN3O7/c1-29(2,3)40-28(36)31-27(35)39-17-8-14-32-22-9-4-5-10-23(22)33(15-18-38-25-11-6-7-16-37-25)26(34)21-13-12-20(30)19-24(21)32/h4-5,9-10,12-13,19,25H,6-8,11,14-18H2,1-3H3,(H,31,35,36). The summed E-state index contributed by atoms with van der Waals surface area (Å²) in [5, 5.41) is 2.55. The first-order valence-electron chi connectivity index (χ1n) is 13.5. The Labute approximate surface area is 239 Å². The smallest absolute Gasteiger partial charge is 0.417 e. The second-order valence-electron chi connectivity index (χ2n) is 10.5. The summed E-state index contributed by atoms with van der Waals surface area (Å²) in [5.74, 6) is -0.164. The maximum atomic E-state index is 13.8. The second kappa shape index (κ2) is 13.3. The lowest BCUT2D eigenvalue weighted by Crippen LogP contribution is -2.36. The third-order valence-corrected chi connectivity index (χ3v) is 6.54. The molecule has 0 radical (unpaired) electrons. The zero-order valence-corrected chi connectivity index (χ0v) is 23.9. The van der Waals surface area contributed by atoms with Gasteiger partial charge in [-0.3, -0.25) is 4.79 Å². The highest BCUT2D eigenvalue weighted by molar-refractivity contribution is 6.31. The Morgan fingerprint density at radius 2 is 1.75 bits per heavy atom. The zero-order chi connectivity index (χ0) is 28.7. The summed E-state index contributed by atoms with van der Waals surface area (Å²) in [6, 6.07) is 12.8. The van der Waals surface area contributed by atoms with E-state index in [2.05, 4.69) is 5.32 Å². The first kappa shape index (κ1) is 29.6. The Balaban J connectivity index is 1.47. The van der Waals surface area contributed by atoms with Gasteiger partial charge in [0.1, 0.15) is 5.60 Å². The number of nitrogens with one attached hydrogen (secondary N) is 1. The van der Waals surface area contributed by atoms with Gasteiger partial charge in [-0.1, -0.05) is 23.7 Å². The van der Waals surface area contributed by atoms with Crippen LogP contribution in [-0.4, -0.2) is 62.9 Å². The number of ether oxygens (including phenoxy) is 4. The molecule has 3 amide bonds. The molecule has 11 heteroatoms. The van der Waals surface area contributed by atoms with Gasteiger partial charge in [-0.15, -0.1) is 0 Å². The summed E-state index contributed by atoms with van der Waals surface area (Å²) in [6.45, 7) is 6.91. The van der Waals surface area contributed by atoms with Crippen LogP contribution in [0.25, 0.3) is 0 Å². The number of carbonyl (C=O) groups is 3. The number of benzene rings is 2. The molecule has 2 aliphatic heterocycles. The summed E-state index contributed by atoms with van der Waals surface area (Å²) in [5.41, 5.74) is 1.96. The van der Waals surface area contributed by atoms with Gasteiger partial charge in [-0.2, -0.15) is 0 Å². The number of fused-ring (bicyclic) bond motifs is 2. The molecule has 4 rings (SSSR count). The minimum Gasteiger partial charge on any atom is -0.449 e. The molecule has 0 spiro atoms. The molecule has 2 heterocycles. The molecule has 40 heavy (non-hydrogen) atoms. The third-order valence-electron chi connectivity index (χ3n) is 6.31. The monoisotopic (exact) mass is 573 g/mol. The van der Waals surface area contributed by atoms with E-state index in [-0.39, 0.29) is 18.8 Å². The van der Waals surface area contributed by atoms with Gasteiger partial charge in [0.25, 0.3) is 5.91 Å². The number of carbonyl (C=O) groups excluding carboxylic acids is 3. The predicted octanol–water partition coefficient (Wildman–Crippen LogP) is 6.03. The van der Waals surface area contributed by atoms with Crippen LogP contribution in [0.1, 0.15) is 56.8 Å². The van der Waals surface area contributed by atoms with Crippen molar-refractivity contribution in [1.82, 2.24) is 5.32 Å². The quantitative estimate of drug-likeness (QED) is 0.381. The van der Waals surface area contributed by atoms with Gasteiger partial charge in [0.15, 0.2) is 6.29 Å². The first-order valence-corrected chi connectivity index (χ1v) is 13.9. The molecule has 2 aromatic rings. The molecule has 1 fully saturated rings. The minimum atomic E-state index is -0.891. The summed E-state index contributed by atoms with van der Waals surface area (Å²) in [6.07, 6.45) is 1.34. The summed E-state index contributed by atoms with van der Waals surface area (Å²) in [7, 11) is 0. The van der Waals surface area contributed by atoms with E-state index in [0.717, 1.165) is 30.6 Å². The van der Waals surface area contributed by atoms with E-state index in [1.54, 1.807) is 43.9 Å². The molecule has 1 unspecified atom stereocenters. The van der Waals surface area contributed by atoms with Gasteiger partial charge in [0.05, 0.1) is 35.8 Å². The first-order chi connectivity index (χ1) is 19.1. The van der Waals surface area contributed by atoms with Gasteiger partial charge in [-0.25, -0.2) is 14.9 Å². The van der Waals surface area contributed by atoms with E-state index in [9.17, 15) is 14.4 Å². The van der Waals surface area contributed by atoms with E-state index < -0.39 is 17.8 Å². The average molecular weight is 574 g/mol. The van der Waals surface area contributed by atoms with Crippen LogP contribution in [0.2, 0.25) is 5.02 Å². The summed E-state index contributed by atoms with van der Waals surface area (Å²) in [4.78, 5) is 41.4. The minimum absolute atomic E-state index is 0.0378. The zero-order valence-electron chi connectivity index (χ0n) is 23.1. The fraction of sp³-hybridized carbons (Fsp3) is 0.483. The fourth-order valence-electron chi connectivity index (χ4n) is 4.61. The lowest BCUT2D eigenvalue weighted by Gasteiger charge is -2.28. The van der Waals surface area contributed by atoms with Crippen LogP contribution in [0.15, 0.2) is 42.5 Å². The van der Waals surface area contributed by atoms with Crippen LogP contribution < -0.4 is 15.1 Å². The van der Waals surface area contributed by atoms with Crippen molar-refractivity contribution in [2.45, 2.75) is 58.3 Å². The molecule has 1 saturated heterocycles. The van der Waals surface area contributed by atoms with Crippen molar-refractivity contribution in [2.75, 3.05) is 42.7 Å². The largest absolute Gasteiger partial charge is 0.449 e. The number of para-hydroxylation sites is 2. The van der Waals surface area contributed by atoms with Crippen LogP contribution in [0.3, 0.4) is 0 Å². The number of alkyl carbamates (subject to hydrolysis) is 2. The van der Waals surface area contributed by atoms with E-state index in [4.69, 9.17) is 30.5 Å². The average Bonchev–Trinajstić information content (AvgIpc) is 2.99. The fourth-order valence-corrected chi connectivity index (χ4v) is 4.77. The lowest BCUT2D eigenvalue weighted by atomic mass is 10.1. The molecule has 216 valence electrons. The lowest BCUT2D eigenvalue weighted by molar-refractivity contribution is -0.160. The molecular formula is C29H36ClN3O7. The van der Waals surface area contributed by atoms with E-state index in [1.165, 1.54) is 0 Å². The molecule has 2 aromatic carbocycles. The number of amides is 3. The summed E-state index contributed by atoms with van der Waals surface area (Å²) < 4.78 is 21.9. The molecule has 0 aliphatic carbocycles. The van der Waals surface area contributed by atoms with Crippen molar-refractivity contribution < 1.29 is 33.3 Å². The Kier molecular flexibility index (Phi) is 9.89. The van der Waals surface area contributed by atoms with Crippen molar-refractivity contribution in [3.05, 3.63) is 53.1 Å². The maximum Gasteiger partial charge on any atom is 0.417 e. The van der Waals surface area contributed by atoms with Crippen molar-refractivity contribution in [3.63, 3.8) is 0 Å². The van der Waals surface area contributed by atoms with Crippen LogP contribution in [-0.2, 0) is 18.9 Å². The highest BCUT2D eigenvalue weighted by Gasteiger charge is 2.31. The predicted molar refractivity (Wildman–Crippen MR) is 151 cm³/mol. The maximum absolute atomic E-state index is 13.8. The van der Waals surface area contributed by atoms with Crippen LogP contribution in [0.4, 0.5) is 26.7 Å². The molecule has 0 bridgehead atoms. The van der Waals surface area contributed by atoms with Crippen LogP contribution >= 0.6 is 11.6 Å². The number of halogens is 1. The SMILES string of the molecule is CC(C)(C)OC(=O)NC(=O)OCCCN1c2cc(Cl)ccc2C(=O)N(CCOC2CCCCO2)c2ccccc21. The van der Waals surface area contributed by atoms with Crippen LogP contribution in [0, 0.1) is 0 Å². The number of nitrogens with zero attached hydrogens (tertiary/aromatic N) is 2. The van der Waals surface area contributed by atoms with Crippen molar-refractivity contribution >= 4 is 46.8 Å². The van der Waals surface area contributed by atoms with Crippen molar-refractivity contribution in [3.8, 4) is 0 Å². The molecule has 10 nitrogen and oxygen atoms in total. The van der Waals surface area contributed by atoms with Gasteiger partial charge in [0.2, 0.25) is 0 Å². The van der Waals surface area contributed by atoms with Gasteiger partial charge >= 0.3 is 12.2 Å². The highest BCUT2D eigenvalue weighted by Crippen LogP contribution is 2.41. The third kappa shape index (κ3) is 7.87. The van der Waals surface area contributed by atoms with Gasteiger partial charge in [0, 0.05) is 24.7 Å². The van der Waals surface area contributed by atoms with E-state index in [1.807, 2.05) is 29.2 Å². The molecule has 2 aliphatic rings. The second-order valence-corrected chi connectivity index (χ2v) is 11.0. The number of rotatable bonds is 8. The number of anilines is 3. The molecule has 1 atom stereocenters. The van der Waals surface area contributed by atoms with Crippen molar-refractivity contribution in [2.24, 2.45) is 0 Å². The molecular weight excluding hydrogens is 538 g/mol. The normalized spacial score (nSPS) is 17.0. The van der Waals surface area contributed by atoms with Gasteiger partial charge < -0.3 is 28.7 Å². The van der Waals surface area contributed by atoms with E-state index >= 15 is 0 Å². The number of hydrogen-bond acceptors (Lipinski definition) is 8. The van der Waals surface area contributed by atoms with E-state index in [0.29, 0.717) is 49.0 Å². The van der Waals surface area contributed by atoms with Crippen LogP contribution in [0.5, 0.6) is 0 Å². The summed E-state index contributed by atoms with van der Waals surface area (Å²) >= 11 is 6.37. The number of imide groups is 1. The molecule has 0 saturated carbocycles. The van der Waals surface area contributed by atoms with Crippen molar-refractivity contribution in [1.29, 1.82) is 0 Å². The van der Waals surface area contributed by atoms with Gasteiger partial charge in [-0.05, 0) is 76.8 Å². The number of hydrogen-bond donors (Lipinski definition) is 1. The Morgan fingerprint density at radius 1 is 1.00 bits per heavy atom. The molecule has 1 N–H and O–H groups in total. The molecule has 0 aromatic heterocycles. The highest BCUT2D eigenvalue weighted by atomic mass is 35.5. The Hall–Kier alpha value is -3.34. The Bertz CT molecular complexity index is 1210. The topological polar surface area (TPSA) is 107 Å². The Morgan fingerprint density at radius 3 is 2.45 bits per heavy atom.